The number of halogens is 1. The van der Waals surface area contributed by atoms with Crippen LogP contribution in [0.1, 0.15) is 43.1 Å². The molecule has 1 aliphatic rings. The van der Waals surface area contributed by atoms with Crippen molar-refractivity contribution < 1.29 is 24.4 Å². The van der Waals surface area contributed by atoms with E-state index in [4.69, 9.17) is 25.8 Å². The standard InChI is InChI=1S/C23H29ClO5/c1-3-28-23(22(26)15(2)25)17-6-9-21(24)18(13-17)12-16-4-7-19(8-5-16)29-20-10-11-27-14-20/h4-9,13,15,20,22-23,25-26H,3,10-12,14H2,1-2H3/t15?,20?,22-,23?/m1/s1. The maximum Gasteiger partial charge on any atom is 0.124 e. The number of hydrogen-bond acceptors (Lipinski definition) is 5. The molecule has 6 heteroatoms. The quantitative estimate of drug-likeness (QED) is 0.643. The Morgan fingerprint density at radius 2 is 1.93 bits per heavy atom. The third-order valence-corrected chi connectivity index (χ3v) is 5.43. The molecule has 0 aromatic heterocycles. The van der Waals surface area contributed by atoms with Gasteiger partial charge in [-0.2, -0.15) is 0 Å². The molecular formula is C23H29ClO5. The van der Waals surface area contributed by atoms with E-state index in [9.17, 15) is 10.2 Å². The van der Waals surface area contributed by atoms with Crippen LogP contribution in [-0.2, 0) is 15.9 Å². The van der Waals surface area contributed by atoms with Crippen molar-refractivity contribution in [2.45, 2.75) is 51.1 Å². The lowest BCUT2D eigenvalue weighted by Crippen LogP contribution is -2.31. The van der Waals surface area contributed by atoms with Crippen LogP contribution in [0.5, 0.6) is 5.75 Å². The first-order valence-electron chi connectivity index (χ1n) is 10.1. The summed E-state index contributed by atoms with van der Waals surface area (Å²) in [7, 11) is 0. The van der Waals surface area contributed by atoms with Crippen molar-refractivity contribution in [1.29, 1.82) is 0 Å². The fraction of sp³-hybridized carbons (Fsp3) is 0.478. The van der Waals surface area contributed by atoms with E-state index in [1.807, 2.05) is 49.4 Å². The molecular weight excluding hydrogens is 392 g/mol. The van der Waals surface area contributed by atoms with E-state index in [1.54, 1.807) is 6.92 Å². The molecule has 29 heavy (non-hydrogen) atoms. The Morgan fingerprint density at radius 1 is 1.17 bits per heavy atom. The van der Waals surface area contributed by atoms with Gasteiger partial charge in [-0.15, -0.1) is 0 Å². The van der Waals surface area contributed by atoms with Gasteiger partial charge in [-0.05, 0) is 55.2 Å². The van der Waals surface area contributed by atoms with Gasteiger partial charge in [0.25, 0.3) is 0 Å². The Kier molecular flexibility index (Phi) is 7.92. The minimum absolute atomic E-state index is 0.128. The first-order chi connectivity index (χ1) is 14.0. The van der Waals surface area contributed by atoms with Crippen LogP contribution in [0.4, 0.5) is 0 Å². The molecule has 0 amide bonds. The molecule has 1 heterocycles. The Hall–Kier alpha value is -1.63. The van der Waals surface area contributed by atoms with Crippen molar-refractivity contribution in [3.05, 3.63) is 64.2 Å². The van der Waals surface area contributed by atoms with Gasteiger partial charge in [0.15, 0.2) is 0 Å². The monoisotopic (exact) mass is 420 g/mol. The molecule has 0 spiro atoms. The SMILES string of the molecule is CCOC(c1ccc(Cl)c(Cc2ccc(OC3CCOC3)cc2)c1)[C@H](O)C(C)O. The molecule has 2 aromatic carbocycles. The van der Waals surface area contributed by atoms with Gasteiger partial charge in [0.05, 0.1) is 19.3 Å². The van der Waals surface area contributed by atoms with E-state index in [-0.39, 0.29) is 6.10 Å². The summed E-state index contributed by atoms with van der Waals surface area (Å²) in [6, 6.07) is 13.6. The lowest BCUT2D eigenvalue weighted by molar-refractivity contribution is -0.0838. The van der Waals surface area contributed by atoms with Gasteiger partial charge < -0.3 is 24.4 Å². The minimum Gasteiger partial charge on any atom is -0.488 e. The Bertz CT molecular complexity index is 771. The molecule has 1 saturated heterocycles. The van der Waals surface area contributed by atoms with Crippen molar-refractivity contribution in [3.63, 3.8) is 0 Å². The van der Waals surface area contributed by atoms with Gasteiger partial charge in [0.1, 0.15) is 24.1 Å². The highest BCUT2D eigenvalue weighted by Gasteiger charge is 2.26. The van der Waals surface area contributed by atoms with Gasteiger partial charge >= 0.3 is 0 Å². The smallest absolute Gasteiger partial charge is 0.124 e. The molecule has 2 aromatic rings. The highest BCUT2D eigenvalue weighted by atomic mass is 35.5. The molecule has 1 fully saturated rings. The number of rotatable bonds is 9. The highest BCUT2D eigenvalue weighted by molar-refractivity contribution is 6.31. The van der Waals surface area contributed by atoms with Crippen LogP contribution in [0, 0.1) is 0 Å². The number of aliphatic hydroxyl groups excluding tert-OH is 2. The molecule has 0 saturated carbocycles. The van der Waals surface area contributed by atoms with Crippen LogP contribution in [0.25, 0.3) is 0 Å². The molecule has 4 atom stereocenters. The Morgan fingerprint density at radius 3 is 2.55 bits per heavy atom. The second-order valence-electron chi connectivity index (χ2n) is 7.38. The van der Waals surface area contributed by atoms with Gasteiger partial charge in [-0.3, -0.25) is 0 Å². The molecule has 0 radical (unpaired) electrons. The van der Waals surface area contributed by atoms with E-state index in [0.29, 0.717) is 24.7 Å². The Balaban J connectivity index is 1.73. The highest BCUT2D eigenvalue weighted by Crippen LogP contribution is 2.29. The van der Waals surface area contributed by atoms with Crippen LogP contribution in [0.3, 0.4) is 0 Å². The fourth-order valence-corrected chi connectivity index (χ4v) is 3.62. The molecule has 3 unspecified atom stereocenters. The van der Waals surface area contributed by atoms with Crippen LogP contribution >= 0.6 is 11.6 Å². The summed E-state index contributed by atoms with van der Waals surface area (Å²) in [5, 5.41) is 20.8. The van der Waals surface area contributed by atoms with Gasteiger partial charge in [-0.25, -0.2) is 0 Å². The molecule has 3 rings (SSSR count). The second-order valence-corrected chi connectivity index (χ2v) is 7.79. The average Bonchev–Trinajstić information content (AvgIpc) is 3.22. The van der Waals surface area contributed by atoms with Crippen LogP contribution in [0.15, 0.2) is 42.5 Å². The van der Waals surface area contributed by atoms with Crippen molar-refractivity contribution in [1.82, 2.24) is 0 Å². The number of ether oxygens (including phenoxy) is 3. The molecule has 1 aliphatic heterocycles. The van der Waals surface area contributed by atoms with E-state index < -0.39 is 18.3 Å². The van der Waals surface area contributed by atoms with E-state index >= 15 is 0 Å². The van der Waals surface area contributed by atoms with Crippen molar-refractivity contribution in [2.75, 3.05) is 19.8 Å². The van der Waals surface area contributed by atoms with Gasteiger partial charge in [-0.1, -0.05) is 35.9 Å². The summed E-state index contributed by atoms with van der Waals surface area (Å²) in [6.45, 7) is 5.24. The molecule has 2 N–H and O–H groups in total. The summed E-state index contributed by atoms with van der Waals surface area (Å²) >= 11 is 6.42. The maximum absolute atomic E-state index is 10.3. The third-order valence-electron chi connectivity index (χ3n) is 5.06. The predicted molar refractivity (Wildman–Crippen MR) is 113 cm³/mol. The van der Waals surface area contributed by atoms with Gasteiger partial charge in [0, 0.05) is 18.1 Å². The van der Waals surface area contributed by atoms with E-state index in [0.717, 1.165) is 35.5 Å². The fourth-order valence-electron chi connectivity index (χ4n) is 3.44. The third kappa shape index (κ3) is 5.93. The summed E-state index contributed by atoms with van der Waals surface area (Å²) in [6.07, 6.45) is -0.834. The molecule has 5 nitrogen and oxygen atoms in total. The Labute approximate surface area is 177 Å². The molecule has 0 aliphatic carbocycles. The number of hydrogen-bond donors (Lipinski definition) is 2. The minimum atomic E-state index is -1.01. The van der Waals surface area contributed by atoms with Crippen LogP contribution < -0.4 is 4.74 Å². The van der Waals surface area contributed by atoms with Crippen molar-refractivity contribution >= 4 is 11.6 Å². The topological polar surface area (TPSA) is 68.2 Å². The maximum atomic E-state index is 10.3. The normalized spacial score (nSPS) is 19.7. The lowest BCUT2D eigenvalue weighted by atomic mass is 9.96. The summed E-state index contributed by atoms with van der Waals surface area (Å²) in [4.78, 5) is 0. The molecule has 0 bridgehead atoms. The first kappa shape index (κ1) is 22.1. The zero-order chi connectivity index (χ0) is 20.8. The first-order valence-corrected chi connectivity index (χ1v) is 10.4. The largest absolute Gasteiger partial charge is 0.488 e. The summed E-state index contributed by atoms with van der Waals surface area (Å²) in [5.41, 5.74) is 2.83. The summed E-state index contributed by atoms with van der Waals surface area (Å²) < 4.78 is 16.9. The van der Waals surface area contributed by atoms with E-state index in [2.05, 4.69) is 0 Å². The average molecular weight is 421 g/mol. The van der Waals surface area contributed by atoms with Crippen molar-refractivity contribution in [3.8, 4) is 5.75 Å². The van der Waals surface area contributed by atoms with Crippen LogP contribution in [-0.4, -0.2) is 48.3 Å². The zero-order valence-electron chi connectivity index (χ0n) is 16.9. The molecule has 158 valence electrons. The second kappa shape index (κ2) is 10.4. The summed E-state index contributed by atoms with van der Waals surface area (Å²) in [5.74, 6) is 0.834. The lowest BCUT2D eigenvalue weighted by Gasteiger charge is -2.26. The van der Waals surface area contributed by atoms with Crippen molar-refractivity contribution in [2.24, 2.45) is 0 Å². The zero-order valence-corrected chi connectivity index (χ0v) is 17.6. The van der Waals surface area contributed by atoms with Crippen LogP contribution in [0.2, 0.25) is 5.02 Å². The van der Waals surface area contributed by atoms with E-state index in [1.165, 1.54) is 0 Å². The number of aliphatic hydroxyl groups is 2. The predicted octanol–water partition coefficient (Wildman–Crippen LogP) is 3.92. The number of benzene rings is 2. The van der Waals surface area contributed by atoms with Gasteiger partial charge in [0.2, 0.25) is 0 Å².